The van der Waals surface area contributed by atoms with E-state index in [9.17, 15) is 9.59 Å². The number of hydrogen-bond donors (Lipinski definition) is 1. The normalized spacial score (nSPS) is 18.9. The summed E-state index contributed by atoms with van der Waals surface area (Å²) in [5.74, 6) is -0.219. The second-order valence-electron chi connectivity index (χ2n) is 7.43. The van der Waals surface area contributed by atoms with Gasteiger partial charge in [-0.05, 0) is 68.7 Å². The SMILES string of the molecule is Cc1ccc(N(C(=O)OC[C@H]2CC[C@H](COCC(=O)O)CC2)c2ccccc2)s1. The number of amides is 1. The Hall–Kier alpha value is -2.38. The van der Waals surface area contributed by atoms with Crippen molar-refractivity contribution in [1.29, 1.82) is 0 Å². The fraction of sp³-hybridized carbons (Fsp3) is 0.455. The van der Waals surface area contributed by atoms with Gasteiger partial charge in [0.2, 0.25) is 0 Å². The number of benzene rings is 1. The van der Waals surface area contributed by atoms with Crippen molar-refractivity contribution in [3.8, 4) is 0 Å². The van der Waals surface area contributed by atoms with Gasteiger partial charge in [0, 0.05) is 4.88 Å². The Morgan fingerprint density at radius 3 is 2.28 bits per heavy atom. The molecule has 1 heterocycles. The Morgan fingerprint density at radius 2 is 1.69 bits per heavy atom. The topological polar surface area (TPSA) is 76.1 Å². The molecule has 0 spiro atoms. The maximum atomic E-state index is 12.9. The minimum absolute atomic E-state index is 0.241. The predicted octanol–water partition coefficient (Wildman–Crippen LogP) is 5.24. The van der Waals surface area contributed by atoms with E-state index < -0.39 is 5.97 Å². The summed E-state index contributed by atoms with van der Waals surface area (Å²) >= 11 is 1.56. The van der Waals surface area contributed by atoms with Crippen LogP contribution in [0.2, 0.25) is 0 Å². The first-order chi connectivity index (χ1) is 14.0. The number of anilines is 2. The van der Waals surface area contributed by atoms with Crippen LogP contribution >= 0.6 is 11.3 Å². The number of rotatable bonds is 8. The average molecular weight is 418 g/mol. The zero-order chi connectivity index (χ0) is 20.6. The maximum absolute atomic E-state index is 12.9. The highest BCUT2D eigenvalue weighted by Crippen LogP contribution is 2.33. The summed E-state index contributed by atoms with van der Waals surface area (Å²) in [5.41, 5.74) is 0.790. The van der Waals surface area contributed by atoms with Crippen molar-refractivity contribution in [3.63, 3.8) is 0 Å². The molecule has 1 aromatic heterocycles. The molecule has 6 nitrogen and oxygen atoms in total. The van der Waals surface area contributed by atoms with Gasteiger partial charge in [-0.1, -0.05) is 18.2 Å². The number of hydrogen-bond acceptors (Lipinski definition) is 5. The number of carboxylic acids is 1. The fourth-order valence-electron chi connectivity index (χ4n) is 3.57. The van der Waals surface area contributed by atoms with Gasteiger partial charge >= 0.3 is 12.1 Å². The number of nitrogens with zero attached hydrogens (tertiary/aromatic N) is 1. The lowest BCUT2D eigenvalue weighted by Crippen LogP contribution is -2.29. The van der Waals surface area contributed by atoms with Gasteiger partial charge in [-0.3, -0.25) is 0 Å². The van der Waals surface area contributed by atoms with Gasteiger partial charge in [-0.25, -0.2) is 14.5 Å². The zero-order valence-corrected chi connectivity index (χ0v) is 17.4. The standard InChI is InChI=1S/C22H27NO5S/c1-16-7-12-20(29-16)23(19-5-3-2-4-6-19)22(26)28-14-18-10-8-17(9-11-18)13-27-15-21(24)25/h2-7,12,17-18H,8-11,13-15H2,1H3,(H,24,25)/t17-,18-. The highest BCUT2D eigenvalue weighted by atomic mass is 32.1. The second kappa shape index (κ2) is 10.4. The van der Waals surface area contributed by atoms with Crippen LogP contribution in [0, 0.1) is 18.8 Å². The lowest BCUT2D eigenvalue weighted by molar-refractivity contribution is -0.142. The maximum Gasteiger partial charge on any atom is 0.419 e. The Labute approximate surface area is 175 Å². The lowest BCUT2D eigenvalue weighted by Gasteiger charge is -2.28. The summed E-state index contributed by atoms with van der Waals surface area (Å²) in [6, 6.07) is 13.5. The third kappa shape index (κ3) is 6.30. The molecule has 156 valence electrons. The van der Waals surface area contributed by atoms with Gasteiger partial charge in [-0.2, -0.15) is 0 Å². The summed E-state index contributed by atoms with van der Waals surface area (Å²) in [7, 11) is 0. The molecule has 29 heavy (non-hydrogen) atoms. The van der Waals surface area contributed by atoms with Crippen molar-refractivity contribution >= 4 is 34.1 Å². The molecule has 0 unspecified atom stereocenters. The largest absolute Gasteiger partial charge is 0.480 e. The molecule has 0 atom stereocenters. The van der Waals surface area contributed by atoms with Crippen LogP contribution < -0.4 is 4.90 Å². The van der Waals surface area contributed by atoms with Gasteiger partial charge in [0.15, 0.2) is 0 Å². The van der Waals surface area contributed by atoms with Crippen molar-refractivity contribution in [1.82, 2.24) is 0 Å². The van der Waals surface area contributed by atoms with Crippen LogP contribution in [0.1, 0.15) is 30.6 Å². The molecular formula is C22H27NO5S. The quantitative estimate of drug-likeness (QED) is 0.636. The van der Waals surface area contributed by atoms with Gasteiger partial charge in [-0.15, -0.1) is 11.3 Å². The molecular weight excluding hydrogens is 390 g/mol. The molecule has 2 aromatic rings. The summed E-state index contributed by atoms with van der Waals surface area (Å²) in [5, 5.41) is 9.49. The van der Waals surface area contributed by atoms with Gasteiger partial charge in [0.1, 0.15) is 11.6 Å². The average Bonchev–Trinajstić information content (AvgIpc) is 3.14. The van der Waals surface area contributed by atoms with E-state index in [1.807, 2.05) is 49.4 Å². The summed E-state index contributed by atoms with van der Waals surface area (Å²) < 4.78 is 10.9. The molecule has 0 saturated heterocycles. The molecule has 1 fully saturated rings. The van der Waals surface area contributed by atoms with E-state index >= 15 is 0 Å². The lowest BCUT2D eigenvalue weighted by atomic mass is 9.83. The van der Waals surface area contributed by atoms with E-state index in [1.54, 1.807) is 16.2 Å². The smallest absolute Gasteiger partial charge is 0.419 e. The molecule has 1 amide bonds. The predicted molar refractivity (Wildman–Crippen MR) is 113 cm³/mol. The third-order valence-electron chi connectivity index (χ3n) is 5.13. The number of carboxylic acid groups (broad SMARTS) is 1. The van der Waals surface area contributed by atoms with Gasteiger partial charge in [0.05, 0.1) is 18.9 Å². The van der Waals surface area contributed by atoms with E-state index in [0.717, 1.165) is 41.2 Å². The van der Waals surface area contributed by atoms with E-state index in [2.05, 4.69) is 0 Å². The molecule has 0 radical (unpaired) electrons. The van der Waals surface area contributed by atoms with Crippen molar-refractivity contribution in [2.45, 2.75) is 32.6 Å². The highest BCUT2D eigenvalue weighted by molar-refractivity contribution is 7.16. The Balaban J connectivity index is 1.51. The molecule has 1 saturated carbocycles. The first-order valence-electron chi connectivity index (χ1n) is 9.91. The number of aliphatic carboxylic acids is 1. The first kappa shape index (κ1) is 21.3. The Morgan fingerprint density at radius 1 is 1.03 bits per heavy atom. The van der Waals surface area contributed by atoms with Crippen LogP contribution in [0.4, 0.5) is 15.5 Å². The molecule has 1 N–H and O–H groups in total. The van der Waals surface area contributed by atoms with E-state index in [4.69, 9.17) is 14.6 Å². The molecule has 0 bridgehead atoms. The molecule has 1 aliphatic rings. The molecule has 7 heteroatoms. The number of thiophene rings is 1. The van der Waals surface area contributed by atoms with Crippen LogP contribution in [0.25, 0.3) is 0 Å². The highest BCUT2D eigenvalue weighted by Gasteiger charge is 2.25. The number of carbonyl (C=O) groups is 2. The van der Waals surface area contributed by atoms with Crippen LogP contribution in [0.5, 0.6) is 0 Å². The van der Waals surface area contributed by atoms with Gasteiger partial charge in [0.25, 0.3) is 0 Å². The van der Waals surface area contributed by atoms with E-state index in [-0.39, 0.29) is 12.7 Å². The second-order valence-corrected chi connectivity index (χ2v) is 8.69. The monoisotopic (exact) mass is 417 g/mol. The minimum atomic E-state index is -0.936. The third-order valence-corrected chi connectivity index (χ3v) is 6.12. The van der Waals surface area contributed by atoms with E-state index in [0.29, 0.717) is 25.0 Å². The molecule has 1 aromatic carbocycles. The number of para-hydroxylation sites is 1. The van der Waals surface area contributed by atoms with Crippen LogP contribution in [0.3, 0.4) is 0 Å². The number of aryl methyl sites for hydroxylation is 1. The first-order valence-corrected chi connectivity index (χ1v) is 10.7. The fourth-order valence-corrected chi connectivity index (χ4v) is 4.45. The molecule has 0 aliphatic heterocycles. The van der Waals surface area contributed by atoms with Crippen LogP contribution in [0.15, 0.2) is 42.5 Å². The van der Waals surface area contributed by atoms with Crippen LogP contribution in [-0.4, -0.2) is 37.0 Å². The van der Waals surface area contributed by atoms with Crippen LogP contribution in [-0.2, 0) is 14.3 Å². The number of carbonyl (C=O) groups excluding carboxylic acids is 1. The molecule has 3 rings (SSSR count). The van der Waals surface area contributed by atoms with Gasteiger partial charge < -0.3 is 14.6 Å². The summed E-state index contributed by atoms with van der Waals surface area (Å²) in [4.78, 5) is 26.2. The minimum Gasteiger partial charge on any atom is -0.480 e. The van der Waals surface area contributed by atoms with Crippen molar-refractivity contribution < 1.29 is 24.2 Å². The summed E-state index contributed by atoms with van der Waals surface area (Å²) in [6.07, 6.45) is 3.49. The van der Waals surface area contributed by atoms with Crippen molar-refractivity contribution in [2.24, 2.45) is 11.8 Å². The van der Waals surface area contributed by atoms with Crippen molar-refractivity contribution in [3.05, 3.63) is 47.3 Å². The zero-order valence-electron chi connectivity index (χ0n) is 16.6. The Bertz CT molecular complexity index is 799. The molecule has 1 aliphatic carbocycles. The number of ether oxygens (including phenoxy) is 2. The van der Waals surface area contributed by atoms with E-state index in [1.165, 1.54) is 0 Å². The van der Waals surface area contributed by atoms with Crippen molar-refractivity contribution in [2.75, 3.05) is 24.7 Å². The summed E-state index contributed by atoms with van der Waals surface area (Å²) in [6.45, 7) is 2.66. The Kier molecular flexibility index (Phi) is 7.66.